The lowest BCUT2D eigenvalue weighted by atomic mass is 10.1. The van der Waals surface area contributed by atoms with E-state index in [2.05, 4.69) is 5.32 Å². The lowest BCUT2D eigenvalue weighted by molar-refractivity contribution is -0.139. The molecule has 0 aliphatic carbocycles. The highest BCUT2D eigenvalue weighted by Crippen LogP contribution is 2.32. The van der Waals surface area contributed by atoms with Crippen molar-refractivity contribution in [3.8, 4) is 17.2 Å². The number of nitrogens with one attached hydrogen (secondary N) is 1. The van der Waals surface area contributed by atoms with Gasteiger partial charge in [0.05, 0.1) is 31.9 Å². The van der Waals surface area contributed by atoms with Gasteiger partial charge in [0.2, 0.25) is 11.8 Å². The van der Waals surface area contributed by atoms with Crippen LogP contribution < -0.4 is 23.8 Å². The molecule has 0 unspecified atom stereocenters. The molecule has 0 aromatic heterocycles. The van der Waals surface area contributed by atoms with Crippen LogP contribution in [0.1, 0.15) is 26.3 Å². The van der Waals surface area contributed by atoms with E-state index in [0.29, 0.717) is 23.7 Å². The molecular weight excluding hydrogens is 558 g/mol. The van der Waals surface area contributed by atoms with Crippen molar-refractivity contribution < 1.29 is 32.2 Å². The Morgan fingerprint density at radius 1 is 0.833 bits per heavy atom. The van der Waals surface area contributed by atoms with Gasteiger partial charge in [-0.05, 0) is 54.8 Å². The van der Waals surface area contributed by atoms with Crippen molar-refractivity contribution >= 4 is 27.5 Å². The number of carbonyl (C=O) groups is 2. The first-order valence-corrected chi connectivity index (χ1v) is 15.0. The van der Waals surface area contributed by atoms with Gasteiger partial charge in [0.1, 0.15) is 18.3 Å². The molecule has 1 atom stereocenters. The van der Waals surface area contributed by atoms with Crippen molar-refractivity contribution in [2.45, 2.75) is 38.3 Å². The average molecular weight is 598 g/mol. The molecule has 0 saturated heterocycles. The van der Waals surface area contributed by atoms with Crippen LogP contribution in [0.25, 0.3) is 0 Å². The highest BCUT2D eigenvalue weighted by molar-refractivity contribution is 7.92. The Morgan fingerprint density at radius 3 is 2.14 bits per heavy atom. The molecule has 0 saturated carbocycles. The molecule has 0 spiro atoms. The van der Waals surface area contributed by atoms with Crippen molar-refractivity contribution in [2.24, 2.45) is 5.92 Å². The molecule has 0 radical (unpaired) electrons. The molecule has 42 heavy (non-hydrogen) atoms. The van der Waals surface area contributed by atoms with E-state index in [1.807, 2.05) is 19.9 Å². The average Bonchev–Trinajstić information content (AvgIpc) is 3.00. The summed E-state index contributed by atoms with van der Waals surface area (Å²) < 4.78 is 45.0. The molecule has 3 rings (SSSR count). The summed E-state index contributed by atoms with van der Waals surface area (Å²) in [7, 11) is 0.147. The second-order valence-electron chi connectivity index (χ2n) is 10.1. The van der Waals surface area contributed by atoms with Crippen LogP contribution in [0.5, 0.6) is 17.2 Å². The van der Waals surface area contributed by atoms with Gasteiger partial charge in [0.15, 0.2) is 11.5 Å². The molecule has 3 aromatic rings. The van der Waals surface area contributed by atoms with Crippen LogP contribution in [0.4, 0.5) is 5.69 Å². The van der Waals surface area contributed by atoms with Gasteiger partial charge in [0.25, 0.3) is 10.0 Å². The molecule has 10 nitrogen and oxygen atoms in total. The number of carbonyl (C=O) groups excluding carboxylic acids is 2. The van der Waals surface area contributed by atoms with Gasteiger partial charge in [-0.15, -0.1) is 0 Å². The predicted molar refractivity (Wildman–Crippen MR) is 161 cm³/mol. The fourth-order valence-corrected chi connectivity index (χ4v) is 5.66. The zero-order valence-electron chi connectivity index (χ0n) is 24.9. The van der Waals surface area contributed by atoms with E-state index < -0.39 is 28.5 Å². The van der Waals surface area contributed by atoms with E-state index in [9.17, 15) is 18.0 Å². The van der Waals surface area contributed by atoms with E-state index in [0.717, 1.165) is 9.87 Å². The summed E-state index contributed by atoms with van der Waals surface area (Å²) in [5.41, 5.74) is 1.01. The predicted octanol–water partition coefficient (Wildman–Crippen LogP) is 4.10. The third-order valence-electron chi connectivity index (χ3n) is 6.60. The van der Waals surface area contributed by atoms with Gasteiger partial charge in [0, 0.05) is 19.2 Å². The number of anilines is 1. The standard InChI is InChI=1S/C31H39N3O7S/c1-22(2)19-32-31(36)23(3)33(20-24-11-10-14-26(17-24)39-4)30(35)21-34(25-12-8-7-9-13-25)42(37,38)27-15-16-28(40-5)29(18-27)41-6/h7-18,22-23H,19-21H2,1-6H3,(H,32,36)/t23-/m1/s1. The number of amides is 2. The summed E-state index contributed by atoms with van der Waals surface area (Å²) in [4.78, 5) is 28.5. The molecule has 11 heteroatoms. The number of hydrogen-bond donors (Lipinski definition) is 1. The summed E-state index contributed by atoms with van der Waals surface area (Å²) in [5, 5.41) is 2.87. The first-order chi connectivity index (χ1) is 20.0. The molecule has 1 N–H and O–H groups in total. The first kappa shape index (κ1) is 32.3. The largest absolute Gasteiger partial charge is 0.497 e. The summed E-state index contributed by atoms with van der Waals surface area (Å²) in [6.45, 7) is 5.52. The minimum Gasteiger partial charge on any atom is -0.497 e. The van der Waals surface area contributed by atoms with Crippen molar-refractivity contribution in [3.63, 3.8) is 0 Å². The van der Waals surface area contributed by atoms with Gasteiger partial charge >= 0.3 is 0 Å². The minimum absolute atomic E-state index is 0.0608. The highest BCUT2D eigenvalue weighted by atomic mass is 32.2. The zero-order chi connectivity index (χ0) is 30.9. The van der Waals surface area contributed by atoms with Gasteiger partial charge in [-0.2, -0.15) is 0 Å². The van der Waals surface area contributed by atoms with Crippen molar-refractivity contribution in [1.82, 2.24) is 10.2 Å². The maximum atomic E-state index is 14.0. The van der Waals surface area contributed by atoms with Gasteiger partial charge in [-0.3, -0.25) is 13.9 Å². The zero-order valence-corrected chi connectivity index (χ0v) is 25.7. The summed E-state index contributed by atoms with van der Waals surface area (Å²) in [5.74, 6) is 0.506. The van der Waals surface area contributed by atoms with Crippen LogP contribution >= 0.6 is 0 Å². The molecule has 0 heterocycles. The van der Waals surface area contributed by atoms with Gasteiger partial charge < -0.3 is 24.4 Å². The van der Waals surface area contributed by atoms with Crippen LogP contribution in [0.15, 0.2) is 77.7 Å². The third-order valence-corrected chi connectivity index (χ3v) is 8.37. The fourth-order valence-electron chi connectivity index (χ4n) is 4.23. The topological polar surface area (TPSA) is 114 Å². The van der Waals surface area contributed by atoms with Crippen LogP contribution in [0, 0.1) is 5.92 Å². The van der Waals surface area contributed by atoms with Crippen LogP contribution in [0.2, 0.25) is 0 Å². The lowest BCUT2D eigenvalue weighted by Crippen LogP contribution is -2.51. The van der Waals surface area contributed by atoms with Crippen LogP contribution in [-0.4, -0.2) is 65.6 Å². The molecule has 226 valence electrons. The Morgan fingerprint density at radius 2 is 1.52 bits per heavy atom. The second kappa shape index (κ2) is 14.6. The first-order valence-electron chi connectivity index (χ1n) is 13.5. The monoisotopic (exact) mass is 597 g/mol. The van der Waals surface area contributed by atoms with E-state index in [1.165, 1.54) is 37.3 Å². The Labute approximate surface area is 248 Å². The summed E-state index contributed by atoms with van der Waals surface area (Å²) in [6.07, 6.45) is 0. The lowest BCUT2D eigenvalue weighted by Gasteiger charge is -2.32. The van der Waals surface area contributed by atoms with Crippen molar-refractivity contribution in [1.29, 1.82) is 0 Å². The number of ether oxygens (including phenoxy) is 3. The second-order valence-corrected chi connectivity index (χ2v) is 11.9. The number of sulfonamides is 1. The molecule has 0 fully saturated rings. The highest BCUT2D eigenvalue weighted by Gasteiger charge is 2.33. The number of methoxy groups -OCH3 is 3. The van der Waals surface area contributed by atoms with E-state index in [-0.39, 0.29) is 29.0 Å². The Balaban J connectivity index is 2.03. The van der Waals surface area contributed by atoms with E-state index >= 15 is 0 Å². The van der Waals surface area contributed by atoms with Gasteiger partial charge in [-0.25, -0.2) is 8.42 Å². The number of nitrogens with zero attached hydrogens (tertiary/aromatic N) is 2. The maximum absolute atomic E-state index is 14.0. The third kappa shape index (κ3) is 7.94. The van der Waals surface area contributed by atoms with E-state index in [1.54, 1.807) is 62.6 Å². The van der Waals surface area contributed by atoms with Crippen molar-refractivity contribution in [3.05, 3.63) is 78.4 Å². The number of rotatable bonds is 14. The number of para-hydroxylation sites is 1. The molecular formula is C31H39N3O7S. The Hall–Kier alpha value is -4.25. The molecule has 0 aliphatic rings. The Kier molecular flexibility index (Phi) is 11.2. The van der Waals surface area contributed by atoms with E-state index in [4.69, 9.17) is 14.2 Å². The number of hydrogen-bond acceptors (Lipinski definition) is 7. The number of benzene rings is 3. The quantitative estimate of drug-likeness (QED) is 0.298. The van der Waals surface area contributed by atoms with Crippen molar-refractivity contribution in [2.75, 3.05) is 38.7 Å². The fraction of sp³-hybridized carbons (Fsp3) is 0.355. The normalized spacial score (nSPS) is 11.9. The van der Waals surface area contributed by atoms with Gasteiger partial charge in [-0.1, -0.05) is 44.2 Å². The molecule has 0 bridgehead atoms. The van der Waals surface area contributed by atoms with Crippen LogP contribution in [-0.2, 0) is 26.2 Å². The van der Waals surface area contributed by atoms with Crippen LogP contribution in [0.3, 0.4) is 0 Å². The smallest absolute Gasteiger partial charge is 0.264 e. The molecule has 2 amide bonds. The summed E-state index contributed by atoms with van der Waals surface area (Å²) >= 11 is 0. The molecule has 0 aliphatic heterocycles. The summed E-state index contributed by atoms with van der Waals surface area (Å²) in [6, 6.07) is 18.9. The Bertz CT molecular complexity index is 1460. The molecule has 3 aromatic carbocycles. The maximum Gasteiger partial charge on any atom is 0.264 e. The SMILES string of the molecule is COc1cccc(CN(C(=O)CN(c2ccccc2)S(=O)(=O)c2ccc(OC)c(OC)c2)[C@H](C)C(=O)NCC(C)C)c1. The minimum atomic E-state index is -4.26.